The van der Waals surface area contributed by atoms with E-state index in [9.17, 15) is 14.2 Å². The van der Waals surface area contributed by atoms with Crippen LogP contribution < -0.4 is 18.9 Å². The average molecular weight is 452 g/mol. The van der Waals surface area contributed by atoms with Gasteiger partial charge in [0.25, 0.3) is 0 Å². The van der Waals surface area contributed by atoms with E-state index in [1.807, 2.05) is 0 Å². The predicted octanol–water partition coefficient (Wildman–Crippen LogP) is 4.11. The van der Waals surface area contributed by atoms with Gasteiger partial charge in [0, 0.05) is 20.5 Å². The molecule has 0 saturated carbocycles. The average Bonchev–Trinajstić information content (AvgIpc) is 2.71. The molecular formula is C21H25O9P. The third kappa shape index (κ3) is 7.71. The molecule has 0 atom stereocenters. The Balaban J connectivity index is 1.98. The summed E-state index contributed by atoms with van der Waals surface area (Å²) in [6, 6.07) is 9.71. The van der Waals surface area contributed by atoms with Gasteiger partial charge in [0.05, 0.1) is 27.4 Å². The smallest absolute Gasteiger partial charge is 0.328 e. The van der Waals surface area contributed by atoms with Gasteiger partial charge in [-0.15, -0.1) is 0 Å². The van der Waals surface area contributed by atoms with Gasteiger partial charge in [-0.1, -0.05) is 12.1 Å². The molecule has 0 aromatic heterocycles. The zero-order valence-corrected chi connectivity index (χ0v) is 18.9. The van der Waals surface area contributed by atoms with Crippen molar-refractivity contribution in [3.63, 3.8) is 0 Å². The summed E-state index contributed by atoms with van der Waals surface area (Å²) in [7, 11) is -0.499. The molecule has 0 aliphatic carbocycles. The lowest BCUT2D eigenvalue weighted by Gasteiger charge is -2.16. The maximum atomic E-state index is 12.6. The van der Waals surface area contributed by atoms with Crippen molar-refractivity contribution in [2.75, 3.05) is 20.9 Å². The number of carbonyl (C=O) groups is 2. The van der Waals surface area contributed by atoms with Crippen molar-refractivity contribution >= 4 is 19.5 Å². The van der Waals surface area contributed by atoms with E-state index in [0.717, 1.165) is 0 Å². The molecule has 2 aromatic carbocycles. The van der Waals surface area contributed by atoms with E-state index in [1.54, 1.807) is 36.4 Å². The van der Waals surface area contributed by atoms with Crippen LogP contribution in [0.25, 0.3) is 0 Å². The zero-order chi connectivity index (χ0) is 23.0. The summed E-state index contributed by atoms with van der Waals surface area (Å²) in [6.45, 7) is 3.95. The highest BCUT2D eigenvalue weighted by Crippen LogP contribution is 2.46. The molecule has 0 unspecified atom stereocenters. The van der Waals surface area contributed by atoms with E-state index in [-0.39, 0.29) is 24.7 Å². The first-order valence-corrected chi connectivity index (χ1v) is 11.2. The fraction of sp³-hybridized carbons (Fsp3) is 0.333. The van der Waals surface area contributed by atoms with Crippen LogP contribution in [0.1, 0.15) is 25.0 Å². The van der Waals surface area contributed by atoms with Crippen LogP contribution in [0.2, 0.25) is 0 Å². The fourth-order valence-corrected chi connectivity index (χ4v) is 3.34. The largest absolute Gasteiger partial charge is 0.493 e. The van der Waals surface area contributed by atoms with E-state index in [2.05, 4.69) is 0 Å². The number of ether oxygens (including phenoxy) is 4. The van der Waals surface area contributed by atoms with Gasteiger partial charge in [0.15, 0.2) is 23.0 Å². The SMILES string of the molecule is COc1cc(COP(C)(=O)OCc2ccc(OC(C)=O)c(OC)c2)ccc1OC(C)=O. The van der Waals surface area contributed by atoms with E-state index in [1.165, 1.54) is 34.7 Å². The summed E-state index contributed by atoms with van der Waals surface area (Å²) in [4.78, 5) is 22.3. The Hall–Kier alpha value is -2.87. The Morgan fingerprint density at radius 3 is 1.45 bits per heavy atom. The van der Waals surface area contributed by atoms with Gasteiger partial charge in [-0.05, 0) is 35.4 Å². The second-order valence-electron chi connectivity index (χ2n) is 6.48. The Morgan fingerprint density at radius 1 is 0.742 bits per heavy atom. The molecule has 0 bridgehead atoms. The van der Waals surface area contributed by atoms with Crippen molar-refractivity contribution in [1.29, 1.82) is 0 Å². The maximum Gasteiger partial charge on any atom is 0.328 e. The van der Waals surface area contributed by atoms with Crippen LogP contribution in [0.15, 0.2) is 36.4 Å². The van der Waals surface area contributed by atoms with Gasteiger partial charge in [0.2, 0.25) is 0 Å². The summed E-state index contributed by atoms with van der Waals surface area (Å²) in [5.74, 6) is 0.324. The number of benzene rings is 2. The van der Waals surface area contributed by atoms with Crippen molar-refractivity contribution in [2.45, 2.75) is 27.1 Å². The van der Waals surface area contributed by atoms with Gasteiger partial charge >= 0.3 is 19.5 Å². The summed E-state index contributed by atoms with van der Waals surface area (Å²) < 4.78 is 44.1. The van der Waals surface area contributed by atoms with Crippen molar-refractivity contribution in [2.24, 2.45) is 0 Å². The van der Waals surface area contributed by atoms with Gasteiger partial charge in [0.1, 0.15) is 0 Å². The minimum Gasteiger partial charge on any atom is -0.493 e. The summed E-state index contributed by atoms with van der Waals surface area (Å²) in [6.07, 6.45) is 0. The van der Waals surface area contributed by atoms with Gasteiger partial charge in [-0.2, -0.15) is 0 Å². The third-order valence-electron chi connectivity index (χ3n) is 3.89. The molecule has 10 heteroatoms. The maximum absolute atomic E-state index is 12.6. The van der Waals surface area contributed by atoms with Gasteiger partial charge < -0.3 is 28.0 Å². The second-order valence-corrected chi connectivity index (χ2v) is 8.53. The zero-order valence-electron chi connectivity index (χ0n) is 18.0. The van der Waals surface area contributed by atoms with E-state index < -0.39 is 19.5 Å². The molecule has 9 nitrogen and oxygen atoms in total. The Labute approximate surface area is 180 Å². The number of methoxy groups -OCH3 is 2. The molecule has 0 radical (unpaired) electrons. The minimum atomic E-state index is -3.39. The number of carbonyl (C=O) groups excluding carboxylic acids is 2. The van der Waals surface area contributed by atoms with Crippen LogP contribution in [0, 0.1) is 0 Å². The molecule has 0 saturated heterocycles. The van der Waals surface area contributed by atoms with Gasteiger partial charge in [-0.25, -0.2) is 0 Å². The monoisotopic (exact) mass is 452 g/mol. The highest BCUT2D eigenvalue weighted by molar-refractivity contribution is 7.52. The van der Waals surface area contributed by atoms with Crippen molar-refractivity contribution in [3.8, 4) is 23.0 Å². The molecule has 0 heterocycles. The van der Waals surface area contributed by atoms with Crippen LogP contribution in [-0.2, 0) is 36.4 Å². The molecule has 0 fully saturated rings. The van der Waals surface area contributed by atoms with E-state index in [0.29, 0.717) is 22.6 Å². The first kappa shape index (κ1) is 24.4. The topological polar surface area (TPSA) is 107 Å². The molecular weight excluding hydrogens is 427 g/mol. The van der Waals surface area contributed by atoms with E-state index in [4.69, 9.17) is 28.0 Å². The molecule has 31 heavy (non-hydrogen) atoms. The molecule has 0 spiro atoms. The van der Waals surface area contributed by atoms with Gasteiger partial charge in [-0.3, -0.25) is 14.2 Å². The predicted molar refractivity (Wildman–Crippen MR) is 112 cm³/mol. The van der Waals surface area contributed by atoms with Crippen LogP contribution in [-0.4, -0.2) is 32.8 Å². The Bertz CT molecular complexity index is 911. The molecule has 0 amide bonds. The number of hydrogen-bond donors (Lipinski definition) is 0. The molecule has 0 aliphatic rings. The van der Waals surface area contributed by atoms with Crippen LogP contribution in [0.5, 0.6) is 23.0 Å². The molecule has 2 rings (SSSR count). The first-order valence-electron chi connectivity index (χ1n) is 9.20. The first-order chi connectivity index (χ1) is 14.6. The summed E-state index contributed by atoms with van der Waals surface area (Å²) >= 11 is 0. The lowest BCUT2D eigenvalue weighted by molar-refractivity contribution is -0.132. The highest BCUT2D eigenvalue weighted by Gasteiger charge is 2.19. The lowest BCUT2D eigenvalue weighted by atomic mass is 10.2. The molecule has 2 aromatic rings. The van der Waals surface area contributed by atoms with Crippen LogP contribution >= 0.6 is 7.60 Å². The minimum absolute atomic E-state index is 0.000794. The Morgan fingerprint density at radius 2 is 1.13 bits per heavy atom. The van der Waals surface area contributed by atoms with Crippen LogP contribution in [0.4, 0.5) is 0 Å². The quantitative estimate of drug-likeness (QED) is 0.299. The lowest BCUT2D eigenvalue weighted by Crippen LogP contribution is -2.04. The van der Waals surface area contributed by atoms with Crippen molar-refractivity contribution in [1.82, 2.24) is 0 Å². The number of rotatable bonds is 10. The Kier molecular flexibility index (Phi) is 8.62. The standard InChI is InChI=1S/C21H25O9P/c1-14(22)29-18-8-6-16(10-20(18)25-3)12-27-31(5,24)28-13-17-7-9-19(30-15(2)23)21(11-17)26-4/h6-11H,12-13H2,1-5H3. The molecule has 0 aliphatic heterocycles. The number of hydrogen-bond acceptors (Lipinski definition) is 9. The van der Waals surface area contributed by atoms with Crippen molar-refractivity contribution in [3.05, 3.63) is 47.5 Å². The number of esters is 2. The molecule has 0 N–H and O–H groups in total. The van der Waals surface area contributed by atoms with E-state index >= 15 is 0 Å². The third-order valence-corrected chi connectivity index (χ3v) is 5.09. The second kappa shape index (κ2) is 10.9. The fourth-order valence-electron chi connectivity index (χ4n) is 2.50. The van der Waals surface area contributed by atoms with Crippen molar-refractivity contribution < 1.29 is 42.1 Å². The summed E-state index contributed by atoms with van der Waals surface area (Å²) in [5.41, 5.74) is 1.32. The van der Waals surface area contributed by atoms with Crippen LogP contribution in [0.3, 0.4) is 0 Å². The normalized spacial score (nSPS) is 11.0. The summed E-state index contributed by atoms with van der Waals surface area (Å²) in [5, 5.41) is 0. The highest BCUT2D eigenvalue weighted by atomic mass is 31.2. The molecule has 168 valence electrons.